The molecule has 1 saturated heterocycles. The van der Waals surface area contributed by atoms with Crippen LogP contribution in [-0.4, -0.2) is 24.5 Å². The Bertz CT molecular complexity index is 112. The van der Waals surface area contributed by atoms with Gasteiger partial charge >= 0.3 is 0 Å². The summed E-state index contributed by atoms with van der Waals surface area (Å²) in [6, 6.07) is 0. The molecule has 0 spiro atoms. The normalized spacial score (nSPS) is 38.1. The number of piperidine rings is 1. The summed E-state index contributed by atoms with van der Waals surface area (Å²) in [6.07, 6.45) is 4.30. The summed E-state index contributed by atoms with van der Waals surface area (Å²) in [4.78, 5) is 2.64. The molecule has 0 aromatic carbocycles. The molecule has 0 aromatic heterocycles. The third-order valence-corrected chi connectivity index (χ3v) is 2.88. The number of rotatable bonds is 3. The van der Waals surface area contributed by atoms with Gasteiger partial charge in [0.2, 0.25) is 0 Å². The molecule has 58 valence electrons. The minimum absolute atomic E-state index is 1.12. The second kappa shape index (κ2) is 2.54. The summed E-state index contributed by atoms with van der Waals surface area (Å²) in [7, 11) is 0. The number of hydrogen-bond donors (Lipinski definition) is 0. The SMILES string of the molecule is CCCCN1CC2CC2C1. The van der Waals surface area contributed by atoms with E-state index in [2.05, 4.69) is 11.8 Å². The maximum absolute atomic E-state index is 2.64. The van der Waals surface area contributed by atoms with Gasteiger partial charge < -0.3 is 4.90 Å². The first-order valence-corrected chi connectivity index (χ1v) is 4.62. The number of fused-ring (bicyclic) bond motifs is 1. The van der Waals surface area contributed by atoms with Crippen molar-refractivity contribution >= 4 is 0 Å². The molecule has 1 heterocycles. The Balaban J connectivity index is 1.66. The van der Waals surface area contributed by atoms with Gasteiger partial charge in [0.15, 0.2) is 0 Å². The van der Waals surface area contributed by atoms with Crippen LogP contribution in [0, 0.1) is 11.8 Å². The Morgan fingerprint density at radius 3 is 2.60 bits per heavy atom. The number of nitrogens with zero attached hydrogens (tertiary/aromatic N) is 1. The van der Waals surface area contributed by atoms with Crippen LogP contribution in [0.3, 0.4) is 0 Å². The van der Waals surface area contributed by atoms with Crippen molar-refractivity contribution in [2.75, 3.05) is 19.6 Å². The van der Waals surface area contributed by atoms with Gasteiger partial charge in [-0.25, -0.2) is 0 Å². The van der Waals surface area contributed by atoms with E-state index in [0.29, 0.717) is 0 Å². The number of likely N-dealkylation sites (tertiary alicyclic amines) is 1. The standard InChI is InChI=1S/C9H17N/c1-2-3-4-10-6-8-5-9(8)7-10/h8-9H,2-7H2,1H3. The van der Waals surface area contributed by atoms with Crippen molar-refractivity contribution in [1.29, 1.82) is 0 Å². The van der Waals surface area contributed by atoms with Crippen LogP contribution in [-0.2, 0) is 0 Å². The third kappa shape index (κ3) is 1.20. The van der Waals surface area contributed by atoms with E-state index in [1.165, 1.54) is 32.5 Å². The van der Waals surface area contributed by atoms with Crippen molar-refractivity contribution in [2.24, 2.45) is 11.8 Å². The molecule has 2 unspecified atom stereocenters. The molecule has 0 bridgehead atoms. The molecule has 0 aromatic rings. The smallest absolute Gasteiger partial charge is 0.00130 e. The molecule has 1 nitrogen and oxygen atoms in total. The summed E-state index contributed by atoms with van der Waals surface area (Å²) in [6.45, 7) is 6.48. The molecule has 2 atom stereocenters. The van der Waals surface area contributed by atoms with Crippen LogP contribution in [0.4, 0.5) is 0 Å². The summed E-state index contributed by atoms with van der Waals surface area (Å²) < 4.78 is 0. The lowest BCUT2D eigenvalue weighted by Gasteiger charge is -2.15. The quantitative estimate of drug-likeness (QED) is 0.575. The Kier molecular flexibility index (Phi) is 1.69. The zero-order valence-corrected chi connectivity index (χ0v) is 6.84. The minimum atomic E-state index is 1.12. The summed E-state index contributed by atoms with van der Waals surface area (Å²) in [5.41, 5.74) is 0. The van der Waals surface area contributed by atoms with Gasteiger partial charge in [0, 0.05) is 13.1 Å². The lowest BCUT2D eigenvalue weighted by molar-refractivity contribution is 0.300. The number of unbranched alkanes of at least 4 members (excludes halogenated alkanes) is 1. The Morgan fingerprint density at radius 1 is 1.30 bits per heavy atom. The Morgan fingerprint density at radius 2 is 2.00 bits per heavy atom. The molecule has 1 heteroatoms. The van der Waals surface area contributed by atoms with E-state index >= 15 is 0 Å². The molecule has 10 heavy (non-hydrogen) atoms. The first kappa shape index (κ1) is 6.66. The van der Waals surface area contributed by atoms with E-state index in [-0.39, 0.29) is 0 Å². The average Bonchev–Trinajstić information content (AvgIpc) is 2.56. The van der Waals surface area contributed by atoms with Gasteiger partial charge in [0.05, 0.1) is 0 Å². The second-order valence-electron chi connectivity index (χ2n) is 3.87. The van der Waals surface area contributed by atoms with Gasteiger partial charge in [-0.3, -0.25) is 0 Å². The average molecular weight is 139 g/mol. The van der Waals surface area contributed by atoms with Crippen molar-refractivity contribution < 1.29 is 0 Å². The van der Waals surface area contributed by atoms with E-state index in [9.17, 15) is 0 Å². The molecule has 2 aliphatic rings. The fourth-order valence-electron chi connectivity index (χ4n) is 2.06. The predicted octanol–water partition coefficient (Wildman–Crippen LogP) is 1.74. The molecule has 0 amide bonds. The summed E-state index contributed by atoms with van der Waals surface area (Å²) in [5.74, 6) is 2.24. The van der Waals surface area contributed by atoms with Gasteiger partial charge in [-0.1, -0.05) is 13.3 Å². The topological polar surface area (TPSA) is 3.24 Å². The van der Waals surface area contributed by atoms with E-state index in [0.717, 1.165) is 11.8 Å². The van der Waals surface area contributed by atoms with E-state index in [4.69, 9.17) is 0 Å². The highest BCUT2D eigenvalue weighted by molar-refractivity contribution is 4.96. The van der Waals surface area contributed by atoms with Gasteiger partial charge in [-0.15, -0.1) is 0 Å². The fraction of sp³-hybridized carbons (Fsp3) is 1.00. The molecule has 1 saturated carbocycles. The van der Waals surface area contributed by atoms with Crippen molar-refractivity contribution in [3.05, 3.63) is 0 Å². The molecule has 2 rings (SSSR count). The van der Waals surface area contributed by atoms with Gasteiger partial charge in [0.1, 0.15) is 0 Å². The van der Waals surface area contributed by atoms with Crippen LogP contribution >= 0.6 is 0 Å². The van der Waals surface area contributed by atoms with Crippen molar-refractivity contribution in [1.82, 2.24) is 4.90 Å². The van der Waals surface area contributed by atoms with Gasteiger partial charge in [0.25, 0.3) is 0 Å². The van der Waals surface area contributed by atoms with Crippen LogP contribution in [0.1, 0.15) is 26.2 Å². The molecular weight excluding hydrogens is 122 g/mol. The minimum Gasteiger partial charge on any atom is -0.303 e. The second-order valence-corrected chi connectivity index (χ2v) is 3.87. The van der Waals surface area contributed by atoms with Crippen molar-refractivity contribution in [3.8, 4) is 0 Å². The molecule has 0 N–H and O–H groups in total. The van der Waals surface area contributed by atoms with E-state index in [1.54, 1.807) is 6.42 Å². The zero-order valence-electron chi connectivity index (χ0n) is 6.84. The monoisotopic (exact) mass is 139 g/mol. The first-order valence-electron chi connectivity index (χ1n) is 4.62. The highest BCUT2D eigenvalue weighted by atomic mass is 15.2. The molecule has 2 fully saturated rings. The molecule has 0 radical (unpaired) electrons. The van der Waals surface area contributed by atoms with E-state index < -0.39 is 0 Å². The number of hydrogen-bond acceptors (Lipinski definition) is 1. The first-order chi connectivity index (χ1) is 4.90. The largest absolute Gasteiger partial charge is 0.303 e. The maximum atomic E-state index is 2.64. The lowest BCUT2D eigenvalue weighted by atomic mass is 10.3. The Labute approximate surface area is 63.4 Å². The summed E-state index contributed by atoms with van der Waals surface area (Å²) in [5, 5.41) is 0. The van der Waals surface area contributed by atoms with Gasteiger partial charge in [-0.05, 0) is 31.2 Å². The molecule has 1 aliphatic carbocycles. The fourth-order valence-corrected chi connectivity index (χ4v) is 2.06. The molecule has 1 aliphatic heterocycles. The Hall–Kier alpha value is -0.0400. The van der Waals surface area contributed by atoms with Crippen LogP contribution in [0.2, 0.25) is 0 Å². The van der Waals surface area contributed by atoms with Crippen molar-refractivity contribution in [2.45, 2.75) is 26.2 Å². The van der Waals surface area contributed by atoms with Crippen LogP contribution in [0.25, 0.3) is 0 Å². The lowest BCUT2D eigenvalue weighted by Crippen LogP contribution is -2.23. The van der Waals surface area contributed by atoms with Crippen molar-refractivity contribution in [3.63, 3.8) is 0 Å². The highest BCUT2D eigenvalue weighted by Crippen LogP contribution is 2.44. The van der Waals surface area contributed by atoms with Crippen LogP contribution < -0.4 is 0 Å². The van der Waals surface area contributed by atoms with Gasteiger partial charge in [-0.2, -0.15) is 0 Å². The predicted molar refractivity (Wildman–Crippen MR) is 42.9 cm³/mol. The zero-order chi connectivity index (χ0) is 6.97. The molecular formula is C9H17N. The van der Waals surface area contributed by atoms with Crippen LogP contribution in [0.5, 0.6) is 0 Å². The van der Waals surface area contributed by atoms with E-state index in [1.807, 2.05) is 0 Å². The van der Waals surface area contributed by atoms with Crippen LogP contribution in [0.15, 0.2) is 0 Å². The maximum Gasteiger partial charge on any atom is 0.00130 e. The summed E-state index contributed by atoms with van der Waals surface area (Å²) >= 11 is 0. The highest BCUT2D eigenvalue weighted by Gasteiger charge is 2.44. The third-order valence-electron chi connectivity index (χ3n) is 2.88.